The molecular formula is C30H78N6Ni3O39+6. The topological polar surface area (TPSA) is 734 Å². The van der Waals surface area contributed by atoms with Crippen molar-refractivity contribution in [3.8, 4) is 0 Å². The molecule has 45 nitrogen and oxygen atoms in total. The molecule has 18 N–H and O–H groups in total. The number of hydrogen-bond acceptors (Lipinski definition) is 33. The van der Waals surface area contributed by atoms with Crippen LogP contribution in [-0.2, 0) is 153 Å². The molecule has 3 fully saturated rings. The summed E-state index contributed by atoms with van der Waals surface area (Å²) in [5.41, 5.74) is 0. The number of nitrogens with zero attached hydrogens (tertiary/aromatic N) is 6. The van der Waals surface area contributed by atoms with E-state index in [1.54, 1.807) is 0 Å². The molecule has 0 saturated carbocycles. The second-order valence-electron chi connectivity index (χ2n) is 10.5. The van der Waals surface area contributed by atoms with E-state index in [0.29, 0.717) is 198 Å². The first-order valence-electron chi connectivity index (χ1n) is 19.4. The number of rotatable bonds is 0. The van der Waals surface area contributed by atoms with Crippen LogP contribution < -0.4 is 0 Å². The molecule has 3 aliphatic heterocycles. The molecule has 0 radical (unpaired) electrons. The van der Waals surface area contributed by atoms with Crippen LogP contribution in [0.15, 0.2) is 0 Å². The molecule has 0 spiro atoms. The van der Waals surface area contributed by atoms with Crippen molar-refractivity contribution in [3.63, 3.8) is 0 Å². The smallest absolute Gasteiger partial charge is 0.457 e. The first-order valence-corrected chi connectivity index (χ1v) is 19.4. The van der Waals surface area contributed by atoms with Gasteiger partial charge in [-0.15, -0.1) is 0 Å². The molecule has 0 bridgehead atoms. The van der Waals surface area contributed by atoms with Crippen LogP contribution >= 0.6 is 0 Å². The molecule has 0 aromatic heterocycles. The zero-order valence-corrected chi connectivity index (χ0v) is 44.7. The molecule has 0 aromatic carbocycles. The van der Waals surface area contributed by atoms with Gasteiger partial charge >= 0.3 is 49.5 Å². The summed E-state index contributed by atoms with van der Waals surface area (Å²) in [5, 5.41) is 88.5. The Morgan fingerprint density at radius 3 is 0.205 bits per heavy atom. The number of ether oxygens (including phenoxy) is 15. The zero-order valence-electron chi connectivity index (χ0n) is 41.8. The Morgan fingerprint density at radius 2 is 0.179 bits per heavy atom. The third-order valence-electron chi connectivity index (χ3n) is 5.58. The molecule has 48 heteroatoms. The fourth-order valence-corrected chi connectivity index (χ4v) is 3.30. The molecule has 0 aliphatic carbocycles. The average molecular weight is 1320 g/mol. The summed E-state index contributed by atoms with van der Waals surface area (Å²) in [6, 6.07) is 0. The van der Waals surface area contributed by atoms with E-state index in [4.69, 9.17) is 163 Å². The van der Waals surface area contributed by atoms with E-state index < -0.39 is 30.5 Å². The molecule has 0 aromatic rings. The molecule has 3 aliphatic rings. The maximum Gasteiger partial charge on any atom is 2.00 e. The Hall–Kier alpha value is -4.16. The number of hydrogen-bond donors (Lipinski definition) is 0. The average Bonchev–Trinajstić information content (AvgIpc) is 3.27. The Morgan fingerprint density at radius 1 is 0.154 bits per heavy atom. The Balaban J connectivity index is -0.0000000464. The van der Waals surface area contributed by atoms with E-state index >= 15 is 0 Å². The second kappa shape index (κ2) is 109. The minimum absolute atomic E-state index is 0. The molecule has 486 valence electrons. The summed E-state index contributed by atoms with van der Waals surface area (Å²) in [4.78, 5) is 49.5. The Bertz CT molecular complexity index is 756. The van der Waals surface area contributed by atoms with Crippen molar-refractivity contribution in [1.29, 1.82) is 0 Å². The van der Waals surface area contributed by atoms with E-state index in [0.717, 1.165) is 0 Å². The van der Waals surface area contributed by atoms with Crippen molar-refractivity contribution < 1.29 is 184 Å². The molecule has 0 amide bonds. The van der Waals surface area contributed by atoms with Gasteiger partial charge in [-0.3, -0.25) is 0 Å². The first-order chi connectivity index (χ1) is 32.9. The fraction of sp³-hybridized carbons (Fsp3) is 1.00. The van der Waals surface area contributed by atoms with Gasteiger partial charge in [0.1, 0.15) is 0 Å². The third kappa shape index (κ3) is 216. The van der Waals surface area contributed by atoms with Crippen LogP contribution in [0.1, 0.15) is 0 Å². The van der Waals surface area contributed by atoms with Crippen LogP contribution in [0.4, 0.5) is 0 Å². The van der Waals surface area contributed by atoms with Crippen LogP contribution in [0.5, 0.6) is 0 Å². The van der Waals surface area contributed by atoms with Crippen molar-refractivity contribution in [1.82, 2.24) is 0 Å². The van der Waals surface area contributed by atoms with Gasteiger partial charge in [0.25, 0.3) is 0 Å². The van der Waals surface area contributed by atoms with Crippen molar-refractivity contribution >= 4 is 0 Å². The van der Waals surface area contributed by atoms with Crippen LogP contribution in [0, 0.1) is 91.9 Å². The Labute approximate surface area is 472 Å². The van der Waals surface area contributed by atoms with Crippen molar-refractivity contribution in [3.05, 3.63) is 91.9 Å². The van der Waals surface area contributed by atoms with E-state index in [9.17, 15) is 0 Å². The summed E-state index contributed by atoms with van der Waals surface area (Å²) < 4.78 is 79.2. The van der Waals surface area contributed by atoms with Crippen molar-refractivity contribution in [2.45, 2.75) is 0 Å². The van der Waals surface area contributed by atoms with E-state index in [1.165, 1.54) is 0 Å². The van der Waals surface area contributed by atoms with Gasteiger partial charge in [-0.1, -0.05) is 0 Å². The molecule has 0 atom stereocenters. The van der Waals surface area contributed by atoms with Gasteiger partial charge < -0.3 is 196 Å². The van der Waals surface area contributed by atoms with Crippen LogP contribution in [0.3, 0.4) is 0 Å². The first kappa shape index (κ1) is 113. The Kier molecular flexibility index (Phi) is 158. The van der Waals surface area contributed by atoms with Gasteiger partial charge in [-0.05, 0) is 0 Å². The fourth-order valence-electron chi connectivity index (χ4n) is 3.30. The van der Waals surface area contributed by atoms with Crippen molar-refractivity contribution in [2.75, 3.05) is 198 Å². The normalized spacial score (nSPS) is 15.7. The monoisotopic (exact) mass is 1320 g/mol. The predicted molar refractivity (Wildman–Crippen MR) is 254 cm³/mol. The van der Waals surface area contributed by atoms with Gasteiger partial charge in [-0.2, -0.15) is 0 Å². The molecule has 3 rings (SSSR count). The van der Waals surface area contributed by atoms with Crippen molar-refractivity contribution in [2.24, 2.45) is 0 Å². The summed E-state index contributed by atoms with van der Waals surface area (Å²) in [5.74, 6) is 0. The summed E-state index contributed by atoms with van der Waals surface area (Å²) in [6.45, 7) is 18.3. The molecule has 0 unspecified atom stereocenters. The van der Waals surface area contributed by atoms with E-state index in [1.807, 2.05) is 0 Å². The predicted octanol–water partition coefficient (Wildman–Crippen LogP) is -6.72. The maximum absolute atomic E-state index is 8.25. The van der Waals surface area contributed by atoms with E-state index in [2.05, 4.69) is 0 Å². The summed E-state index contributed by atoms with van der Waals surface area (Å²) in [6.07, 6.45) is 0. The zero-order chi connectivity index (χ0) is 53.3. The quantitative estimate of drug-likeness (QED) is 0.0941. The van der Waals surface area contributed by atoms with Gasteiger partial charge in [-0.25, -0.2) is 0 Å². The van der Waals surface area contributed by atoms with Gasteiger partial charge in [0.05, 0.1) is 229 Å². The third-order valence-corrected chi connectivity index (χ3v) is 5.58. The molecule has 3 heterocycles. The van der Waals surface area contributed by atoms with Crippen LogP contribution in [0.25, 0.3) is 0 Å². The minimum atomic E-state index is -1.75. The SMILES string of the molecule is C1COCCOCCOCCOCCO1.C1COCCOCCOCCOCCO1.C1COCCOCCOCCOCCO1.O=[N+]([O-])[O-].O=[N+]([O-])[O-].O=[N+]([O-])[O-].O=[N+]([O-])[O-].O=[N+]([O-])[O-].O=[N+]([O-])[O-].[Ni+2].[Ni+2].[Ni+2].[OH3+].[OH3+].[OH3+].[OH3+].[OH3+].[OH3+]. The van der Waals surface area contributed by atoms with Gasteiger partial charge in [0.2, 0.25) is 0 Å². The van der Waals surface area contributed by atoms with Crippen LogP contribution in [0.2, 0.25) is 0 Å². The largest absolute Gasteiger partial charge is 2.00 e. The molecule has 78 heavy (non-hydrogen) atoms. The summed E-state index contributed by atoms with van der Waals surface area (Å²) in [7, 11) is 0. The summed E-state index contributed by atoms with van der Waals surface area (Å²) >= 11 is 0. The molecule has 3 saturated heterocycles. The second-order valence-corrected chi connectivity index (χ2v) is 10.5. The van der Waals surface area contributed by atoms with Crippen LogP contribution in [-0.4, -0.2) is 229 Å². The molecular weight excluding hydrogens is 1240 g/mol. The van der Waals surface area contributed by atoms with E-state index in [-0.39, 0.29) is 82.3 Å². The maximum atomic E-state index is 8.25. The van der Waals surface area contributed by atoms with Gasteiger partial charge in [0, 0.05) is 0 Å². The minimum Gasteiger partial charge on any atom is -0.457 e. The van der Waals surface area contributed by atoms with Gasteiger partial charge in [0.15, 0.2) is 0 Å². The standard InChI is InChI=1S/3C10H20O5.6NO3.3Ni.6H2O/c3*1-2-12-5-6-14-9-10-15-8-7-13-4-3-11-1;6*2-1(3)4;;;;;;;;;/h3*1-10H2;;;;;;;;;;6*1H2/q;;;6*-1;3*+2;;;;;;/p+6.